The number of benzene rings is 1. The van der Waals surface area contributed by atoms with Gasteiger partial charge in [-0.1, -0.05) is 12.1 Å². The monoisotopic (exact) mass is 360 g/mol. The normalized spacial score (nSPS) is 31.3. The van der Waals surface area contributed by atoms with Crippen LogP contribution in [0.3, 0.4) is 0 Å². The van der Waals surface area contributed by atoms with Crippen LogP contribution in [0.4, 0.5) is 4.39 Å². The van der Waals surface area contributed by atoms with Gasteiger partial charge >= 0.3 is 5.97 Å². The van der Waals surface area contributed by atoms with Gasteiger partial charge < -0.3 is 10.0 Å². The fourth-order valence-electron chi connectivity index (χ4n) is 5.19. The second-order valence-electron chi connectivity index (χ2n) is 7.95. The predicted molar refractivity (Wildman–Crippen MR) is 93.7 cm³/mol. The van der Waals surface area contributed by atoms with Gasteiger partial charge in [-0.25, -0.2) is 4.39 Å². The van der Waals surface area contributed by atoms with E-state index in [0.29, 0.717) is 13.1 Å². The summed E-state index contributed by atoms with van der Waals surface area (Å²) in [5.41, 5.74) is 1.06. The molecule has 3 aliphatic rings. The van der Waals surface area contributed by atoms with Crippen LogP contribution >= 0.6 is 0 Å². The maximum absolute atomic E-state index is 13.0. The number of fused-ring (bicyclic) bond motifs is 2. The first-order chi connectivity index (χ1) is 12.5. The van der Waals surface area contributed by atoms with Crippen LogP contribution in [0.5, 0.6) is 0 Å². The summed E-state index contributed by atoms with van der Waals surface area (Å²) in [5, 5.41) is 9.57. The van der Waals surface area contributed by atoms with Gasteiger partial charge in [0.2, 0.25) is 5.91 Å². The van der Waals surface area contributed by atoms with E-state index in [-0.39, 0.29) is 29.5 Å². The number of amides is 1. The van der Waals surface area contributed by atoms with E-state index >= 15 is 0 Å². The van der Waals surface area contributed by atoms with Gasteiger partial charge in [0.05, 0.1) is 11.8 Å². The average molecular weight is 360 g/mol. The molecule has 6 heteroatoms. The third kappa shape index (κ3) is 3.22. The Labute approximate surface area is 152 Å². The zero-order valence-electron chi connectivity index (χ0n) is 14.8. The Hall–Kier alpha value is -1.95. The van der Waals surface area contributed by atoms with Crippen LogP contribution in [-0.2, 0) is 16.1 Å². The van der Waals surface area contributed by atoms with Crippen molar-refractivity contribution < 1.29 is 19.1 Å². The number of aliphatic carboxylic acids is 1. The molecule has 4 rings (SSSR count). The molecule has 2 aliphatic carbocycles. The van der Waals surface area contributed by atoms with E-state index in [2.05, 4.69) is 4.90 Å². The molecule has 140 valence electrons. The van der Waals surface area contributed by atoms with Crippen molar-refractivity contribution in [2.24, 2.45) is 23.7 Å². The molecular formula is C20H25FN2O3. The summed E-state index contributed by atoms with van der Waals surface area (Å²) < 4.78 is 13.0. The van der Waals surface area contributed by atoms with E-state index in [0.717, 1.165) is 44.5 Å². The zero-order valence-corrected chi connectivity index (χ0v) is 14.8. The van der Waals surface area contributed by atoms with Gasteiger partial charge in [0.15, 0.2) is 0 Å². The first-order valence-electron chi connectivity index (χ1n) is 9.51. The Morgan fingerprint density at radius 1 is 1.00 bits per heavy atom. The largest absolute Gasteiger partial charge is 0.481 e. The van der Waals surface area contributed by atoms with Crippen LogP contribution in [0.1, 0.15) is 24.8 Å². The van der Waals surface area contributed by atoms with E-state index in [4.69, 9.17) is 0 Å². The summed E-state index contributed by atoms with van der Waals surface area (Å²) in [6.07, 6.45) is 2.85. The molecule has 1 N–H and O–H groups in total. The quantitative estimate of drug-likeness (QED) is 0.894. The van der Waals surface area contributed by atoms with Gasteiger partial charge in [-0.3, -0.25) is 14.5 Å². The van der Waals surface area contributed by atoms with E-state index in [1.54, 1.807) is 12.1 Å². The summed E-state index contributed by atoms with van der Waals surface area (Å²) in [6.45, 7) is 3.55. The fraction of sp³-hybridized carbons (Fsp3) is 0.600. The molecule has 2 bridgehead atoms. The third-order valence-electron chi connectivity index (χ3n) is 6.49. The molecule has 5 nitrogen and oxygen atoms in total. The van der Waals surface area contributed by atoms with Crippen molar-refractivity contribution in [3.05, 3.63) is 35.6 Å². The number of halogens is 1. The molecule has 1 saturated heterocycles. The lowest BCUT2D eigenvalue weighted by Crippen LogP contribution is -2.52. The molecule has 1 amide bonds. The molecule has 0 radical (unpaired) electrons. The number of nitrogens with zero attached hydrogens (tertiary/aromatic N) is 2. The molecule has 0 spiro atoms. The highest BCUT2D eigenvalue weighted by Gasteiger charge is 2.54. The standard InChI is InChI=1S/C20H25FN2O3/c21-16-5-1-13(2-6-16)12-22-7-9-23(10-8-22)19(24)17-14-3-4-15(11-14)18(17)20(25)26/h1-2,5-6,14-15,17-18H,3-4,7-12H2,(H,25,26)/t14-,15-,17+,18-/m0/s1. The number of piperazine rings is 1. The number of hydrogen-bond donors (Lipinski definition) is 1. The smallest absolute Gasteiger partial charge is 0.307 e. The molecule has 4 atom stereocenters. The van der Waals surface area contributed by atoms with Crippen LogP contribution < -0.4 is 0 Å². The van der Waals surface area contributed by atoms with E-state index < -0.39 is 11.9 Å². The summed E-state index contributed by atoms with van der Waals surface area (Å²) in [6, 6.07) is 6.52. The minimum atomic E-state index is -0.800. The van der Waals surface area contributed by atoms with Gasteiger partial charge in [-0.2, -0.15) is 0 Å². The molecule has 3 fully saturated rings. The first-order valence-corrected chi connectivity index (χ1v) is 9.51. The third-order valence-corrected chi connectivity index (χ3v) is 6.49. The van der Waals surface area contributed by atoms with Gasteiger partial charge in [0.25, 0.3) is 0 Å². The number of carbonyl (C=O) groups is 2. The summed E-state index contributed by atoms with van der Waals surface area (Å²) in [5.74, 6) is -1.36. The molecule has 2 saturated carbocycles. The molecule has 1 aliphatic heterocycles. The van der Waals surface area contributed by atoms with Crippen LogP contribution in [0.15, 0.2) is 24.3 Å². The van der Waals surface area contributed by atoms with Crippen LogP contribution in [0.25, 0.3) is 0 Å². The van der Waals surface area contributed by atoms with E-state index in [9.17, 15) is 19.1 Å². The van der Waals surface area contributed by atoms with Crippen LogP contribution in [0, 0.1) is 29.5 Å². The van der Waals surface area contributed by atoms with Gasteiger partial charge in [-0.05, 0) is 48.8 Å². The van der Waals surface area contributed by atoms with Crippen molar-refractivity contribution in [3.8, 4) is 0 Å². The second kappa shape index (κ2) is 6.99. The summed E-state index contributed by atoms with van der Waals surface area (Å²) in [7, 11) is 0. The lowest BCUT2D eigenvalue weighted by atomic mass is 9.78. The number of carbonyl (C=O) groups excluding carboxylic acids is 1. The Balaban J connectivity index is 1.35. The Bertz CT molecular complexity index is 685. The van der Waals surface area contributed by atoms with Crippen LogP contribution in [0.2, 0.25) is 0 Å². The molecular weight excluding hydrogens is 335 g/mol. The first kappa shape index (κ1) is 17.5. The summed E-state index contributed by atoms with van der Waals surface area (Å²) >= 11 is 0. The average Bonchev–Trinajstić information content (AvgIpc) is 3.25. The van der Waals surface area contributed by atoms with Crippen molar-refractivity contribution in [2.75, 3.05) is 26.2 Å². The molecule has 1 aromatic carbocycles. The molecule has 0 aromatic heterocycles. The van der Waals surface area contributed by atoms with Gasteiger partial charge in [0.1, 0.15) is 5.82 Å². The highest BCUT2D eigenvalue weighted by atomic mass is 19.1. The predicted octanol–water partition coefficient (Wildman–Crippen LogP) is 2.22. The molecule has 0 unspecified atom stereocenters. The minimum absolute atomic E-state index is 0.0473. The van der Waals surface area contributed by atoms with E-state index in [1.165, 1.54) is 12.1 Å². The maximum Gasteiger partial charge on any atom is 0.307 e. The number of carboxylic acid groups (broad SMARTS) is 1. The SMILES string of the molecule is O=C(O)[C@H]1[C@H]2CC[C@@H](C2)[C@H]1C(=O)N1CCN(Cc2ccc(F)cc2)CC1. The minimum Gasteiger partial charge on any atom is -0.481 e. The van der Waals surface area contributed by atoms with Gasteiger partial charge in [-0.15, -0.1) is 0 Å². The Morgan fingerprint density at radius 2 is 1.62 bits per heavy atom. The molecule has 1 aromatic rings. The lowest BCUT2D eigenvalue weighted by Gasteiger charge is -2.38. The van der Waals surface area contributed by atoms with Gasteiger partial charge in [0, 0.05) is 32.7 Å². The zero-order chi connectivity index (χ0) is 18.3. The van der Waals surface area contributed by atoms with Crippen molar-refractivity contribution >= 4 is 11.9 Å². The molecule has 26 heavy (non-hydrogen) atoms. The highest BCUT2D eigenvalue weighted by Crippen LogP contribution is 2.53. The van der Waals surface area contributed by atoms with Crippen molar-refractivity contribution in [1.29, 1.82) is 0 Å². The van der Waals surface area contributed by atoms with Crippen LogP contribution in [-0.4, -0.2) is 53.0 Å². The second-order valence-corrected chi connectivity index (χ2v) is 7.95. The van der Waals surface area contributed by atoms with E-state index in [1.807, 2.05) is 4.90 Å². The number of hydrogen-bond acceptors (Lipinski definition) is 3. The fourth-order valence-corrected chi connectivity index (χ4v) is 5.19. The Kier molecular flexibility index (Phi) is 4.69. The highest BCUT2D eigenvalue weighted by molar-refractivity contribution is 5.86. The maximum atomic E-state index is 13.0. The topological polar surface area (TPSA) is 60.9 Å². The lowest BCUT2D eigenvalue weighted by molar-refractivity contribution is -0.153. The summed E-state index contributed by atoms with van der Waals surface area (Å²) in [4.78, 5) is 28.8. The Morgan fingerprint density at radius 3 is 2.23 bits per heavy atom. The number of carboxylic acids is 1. The van der Waals surface area contributed by atoms with Crippen molar-refractivity contribution in [1.82, 2.24) is 9.80 Å². The molecule has 1 heterocycles. The van der Waals surface area contributed by atoms with Crippen molar-refractivity contribution in [3.63, 3.8) is 0 Å². The van der Waals surface area contributed by atoms with Crippen molar-refractivity contribution in [2.45, 2.75) is 25.8 Å². The number of rotatable bonds is 4.